The summed E-state index contributed by atoms with van der Waals surface area (Å²) in [6.45, 7) is 10.9. The number of carbonyl (C=O) groups excluding carboxylic acids is 3. The second-order valence-corrected chi connectivity index (χ2v) is 11.5. The maximum atomic E-state index is 14.4. The van der Waals surface area contributed by atoms with Gasteiger partial charge in [-0.1, -0.05) is 26.3 Å². The van der Waals surface area contributed by atoms with Crippen molar-refractivity contribution in [2.75, 3.05) is 12.4 Å². The fraction of sp³-hybridized carbons (Fsp3) is 0.516. The molecule has 1 saturated carbocycles. The van der Waals surface area contributed by atoms with E-state index in [0.29, 0.717) is 29.0 Å². The average molecular weight is 554 g/mol. The SMILES string of the molecule is CCC(C)C(NC(=O)OC(C)(C)C)C(=O)N(C1CCC1)C(C(=O)Nc1ccc(OC)cc1)c1ccc(O)c(C)c1. The van der Waals surface area contributed by atoms with Gasteiger partial charge in [0.1, 0.15) is 29.2 Å². The molecule has 9 nitrogen and oxygen atoms in total. The minimum Gasteiger partial charge on any atom is -0.508 e. The van der Waals surface area contributed by atoms with Crippen LogP contribution in [0.1, 0.15) is 77.5 Å². The molecule has 9 heteroatoms. The van der Waals surface area contributed by atoms with E-state index >= 15 is 0 Å². The Kier molecular flexibility index (Phi) is 10.1. The molecule has 2 aromatic carbocycles. The number of phenols is 1. The predicted molar refractivity (Wildman–Crippen MR) is 154 cm³/mol. The summed E-state index contributed by atoms with van der Waals surface area (Å²) in [6, 6.07) is 9.82. The lowest BCUT2D eigenvalue weighted by atomic mass is 9.86. The van der Waals surface area contributed by atoms with E-state index in [2.05, 4.69) is 10.6 Å². The number of phenolic OH excluding ortho intramolecular Hbond substituents is 1. The van der Waals surface area contributed by atoms with Crippen LogP contribution in [0.4, 0.5) is 10.5 Å². The third-order valence-corrected chi connectivity index (χ3v) is 7.29. The highest BCUT2D eigenvalue weighted by atomic mass is 16.6. The molecule has 3 amide bonds. The first-order chi connectivity index (χ1) is 18.8. The molecule has 0 saturated heterocycles. The van der Waals surface area contributed by atoms with E-state index in [0.717, 1.165) is 19.3 Å². The molecule has 3 unspecified atom stereocenters. The average Bonchev–Trinajstić information content (AvgIpc) is 2.86. The Bertz CT molecular complexity index is 1190. The maximum absolute atomic E-state index is 14.4. The van der Waals surface area contributed by atoms with E-state index < -0.39 is 29.7 Å². The molecule has 40 heavy (non-hydrogen) atoms. The van der Waals surface area contributed by atoms with Crippen molar-refractivity contribution in [3.8, 4) is 11.5 Å². The van der Waals surface area contributed by atoms with Crippen LogP contribution in [-0.2, 0) is 14.3 Å². The summed E-state index contributed by atoms with van der Waals surface area (Å²) in [7, 11) is 1.57. The number of nitrogens with zero attached hydrogens (tertiary/aromatic N) is 1. The van der Waals surface area contributed by atoms with E-state index in [9.17, 15) is 19.5 Å². The van der Waals surface area contributed by atoms with Crippen molar-refractivity contribution >= 4 is 23.6 Å². The van der Waals surface area contributed by atoms with Gasteiger partial charge in [0, 0.05) is 11.7 Å². The maximum Gasteiger partial charge on any atom is 0.408 e. The number of ether oxygens (including phenoxy) is 2. The highest BCUT2D eigenvalue weighted by molar-refractivity contribution is 5.99. The van der Waals surface area contributed by atoms with Crippen LogP contribution in [0.5, 0.6) is 11.5 Å². The van der Waals surface area contributed by atoms with Crippen LogP contribution < -0.4 is 15.4 Å². The van der Waals surface area contributed by atoms with E-state index in [4.69, 9.17) is 9.47 Å². The van der Waals surface area contributed by atoms with Gasteiger partial charge in [-0.2, -0.15) is 0 Å². The molecule has 0 radical (unpaired) electrons. The van der Waals surface area contributed by atoms with Crippen molar-refractivity contribution in [2.45, 2.75) is 91.0 Å². The molecule has 218 valence electrons. The third-order valence-electron chi connectivity index (χ3n) is 7.29. The normalized spacial score (nSPS) is 15.7. The molecule has 0 aromatic heterocycles. The lowest BCUT2D eigenvalue weighted by Gasteiger charge is -2.44. The summed E-state index contributed by atoms with van der Waals surface area (Å²) in [5.41, 5.74) is 0.982. The van der Waals surface area contributed by atoms with Gasteiger partial charge in [-0.25, -0.2) is 4.79 Å². The summed E-state index contributed by atoms with van der Waals surface area (Å²) in [4.78, 5) is 42.8. The summed E-state index contributed by atoms with van der Waals surface area (Å²) in [6.07, 6.45) is 2.37. The number of rotatable bonds is 10. The first kappa shape index (κ1) is 30.8. The number of benzene rings is 2. The zero-order valence-electron chi connectivity index (χ0n) is 24.6. The number of hydrogen-bond donors (Lipinski definition) is 3. The lowest BCUT2D eigenvalue weighted by molar-refractivity contribution is -0.147. The van der Waals surface area contributed by atoms with E-state index in [1.165, 1.54) is 6.07 Å². The zero-order valence-corrected chi connectivity index (χ0v) is 24.6. The number of anilines is 1. The summed E-state index contributed by atoms with van der Waals surface area (Å²) < 4.78 is 10.7. The molecule has 1 fully saturated rings. The molecule has 2 aromatic rings. The molecule has 0 spiro atoms. The van der Waals surface area contributed by atoms with E-state index in [-0.39, 0.29) is 23.6 Å². The summed E-state index contributed by atoms with van der Waals surface area (Å²) in [5, 5.41) is 15.9. The Labute approximate surface area is 237 Å². The van der Waals surface area contributed by atoms with Crippen LogP contribution in [0.2, 0.25) is 0 Å². The number of amides is 3. The van der Waals surface area contributed by atoms with Gasteiger partial charge in [-0.05, 0) is 100 Å². The first-order valence-corrected chi connectivity index (χ1v) is 13.9. The molecule has 0 heterocycles. The third kappa shape index (κ3) is 7.67. The summed E-state index contributed by atoms with van der Waals surface area (Å²) >= 11 is 0. The first-order valence-electron chi connectivity index (χ1n) is 13.9. The van der Waals surface area contributed by atoms with Gasteiger partial charge in [0.05, 0.1) is 7.11 Å². The minimum absolute atomic E-state index is 0.101. The predicted octanol–water partition coefficient (Wildman–Crippen LogP) is 5.71. The van der Waals surface area contributed by atoms with Crippen molar-refractivity contribution in [3.63, 3.8) is 0 Å². The van der Waals surface area contributed by atoms with Crippen LogP contribution in [0.15, 0.2) is 42.5 Å². The summed E-state index contributed by atoms with van der Waals surface area (Å²) in [5.74, 6) is -0.195. The smallest absolute Gasteiger partial charge is 0.408 e. The second kappa shape index (κ2) is 13.1. The van der Waals surface area contributed by atoms with Crippen LogP contribution in [0.3, 0.4) is 0 Å². The lowest BCUT2D eigenvalue weighted by Crippen LogP contribution is -2.58. The number of alkyl carbamates (subject to hydrolysis) is 1. The molecular weight excluding hydrogens is 510 g/mol. The number of carbonyl (C=O) groups is 3. The van der Waals surface area contributed by atoms with Crippen molar-refractivity contribution in [1.29, 1.82) is 0 Å². The van der Waals surface area contributed by atoms with Gasteiger partial charge in [-0.15, -0.1) is 0 Å². The van der Waals surface area contributed by atoms with Gasteiger partial charge in [0.15, 0.2) is 0 Å². The number of hydrogen-bond acceptors (Lipinski definition) is 6. The minimum atomic E-state index is -0.994. The molecular formula is C31H43N3O6. The van der Waals surface area contributed by atoms with Gasteiger partial charge >= 0.3 is 6.09 Å². The van der Waals surface area contributed by atoms with E-state index in [1.54, 1.807) is 76.1 Å². The highest BCUT2D eigenvalue weighted by Gasteiger charge is 2.43. The quantitative estimate of drug-likeness (QED) is 0.347. The Balaban J connectivity index is 2.05. The number of methoxy groups -OCH3 is 1. The second-order valence-electron chi connectivity index (χ2n) is 11.5. The molecule has 3 N–H and O–H groups in total. The zero-order chi connectivity index (χ0) is 29.6. The van der Waals surface area contributed by atoms with Crippen LogP contribution in [-0.4, -0.2) is 52.7 Å². The van der Waals surface area contributed by atoms with Crippen LogP contribution >= 0.6 is 0 Å². The van der Waals surface area contributed by atoms with Crippen LogP contribution in [0.25, 0.3) is 0 Å². The fourth-order valence-corrected chi connectivity index (χ4v) is 4.63. The molecule has 3 rings (SSSR count). The van der Waals surface area contributed by atoms with E-state index in [1.807, 2.05) is 13.8 Å². The Hall–Kier alpha value is -3.75. The van der Waals surface area contributed by atoms with Crippen molar-refractivity contribution in [1.82, 2.24) is 10.2 Å². The fourth-order valence-electron chi connectivity index (χ4n) is 4.63. The molecule has 0 bridgehead atoms. The molecule has 1 aliphatic rings. The number of aryl methyl sites for hydroxylation is 1. The molecule has 3 atom stereocenters. The van der Waals surface area contributed by atoms with Crippen molar-refractivity contribution < 1.29 is 29.0 Å². The Morgan fingerprint density at radius 2 is 1.75 bits per heavy atom. The standard InChI is InChI=1S/C31H43N3O6/c1-8-19(2)26(33-30(38)40-31(4,5)6)29(37)34(23-10-9-11-23)27(21-12-17-25(35)20(3)18-21)28(36)32-22-13-15-24(39-7)16-14-22/h12-19,23,26-27,35H,8-11H2,1-7H3,(H,32,36)(H,33,38). The Morgan fingerprint density at radius 1 is 1.10 bits per heavy atom. The number of nitrogens with one attached hydrogen (secondary N) is 2. The molecule has 1 aliphatic carbocycles. The monoisotopic (exact) mass is 553 g/mol. The van der Waals surface area contributed by atoms with Gasteiger partial charge < -0.3 is 30.1 Å². The van der Waals surface area contributed by atoms with Gasteiger partial charge in [0.25, 0.3) is 5.91 Å². The van der Waals surface area contributed by atoms with Crippen molar-refractivity contribution in [2.24, 2.45) is 5.92 Å². The highest BCUT2D eigenvalue weighted by Crippen LogP contribution is 2.36. The largest absolute Gasteiger partial charge is 0.508 e. The van der Waals surface area contributed by atoms with Crippen LogP contribution in [0, 0.1) is 12.8 Å². The Morgan fingerprint density at radius 3 is 2.25 bits per heavy atom. The molecule has 0 aliphatic heterocycles. The number of aromatic hydroxyl groups is 1. The van der Waals surface area contributed by atoms with Gasteiger partial charge in [0.2, 0.25) is 5.91 Å². The van der Waals surface area contributed by atoms with Crippen molar-refractivity contribution in [3.05, 3.63) is 53.6 Å². The topological polar surface area (TPSA) is 117 Å². The van der Waals surface area contributed by atoms with Gasteiger partial charge in [-0.3, -0.25) is 9.59 Å².